The molecule has 0 spiro atoms. The van der Waals surface area contributed by atoms with Gasteiger partial charge in [0, 0.05) is 0 Å². The third-order valence-electron chi connectivity index (χ3n) is 2.65. The summed E-state index contributed by atoms with van der Waals surface area (Å²) in [7, 11) is 0. The molecule has 17 heavy (non-hydrogen) atoms. The first-order valence-electron chi connectivity index (χ1n) is 5.83. The lowest BCUT2D eigenvalue weighted by atomic mass is 9.99. The molecule has 2 atom stereocenters. The first-order chi connectivity index (χ1) is 7.90. The van der Waals surface area contributed by atoms with Crippen molar-refractivity contribution in [2.24, 2.45) is 17.2 Å². The van der Waals surface area contributed by atoms with E-state index in [9.17, 15) is 9.59 Å². The molecule has 0 rings (SSSR count). The molecule has 0 bridgehead atoms. The highest BCUT2D eigenvalue weighted by molar-refractivity contribution is 5.98. The second kappa shape index (κ2) is 8.11. The fourth-order valence-corrected chi connectivity index (χ4v) is 1.49. The van der Waals surface area contributed by atoms with Crippen LogP contribution in [0.5, 0.6) is 0 Å². The smallest absolute Gasteiger partial charge is 0.174 e. The van der Waals surface area contributed by atoms with Crippen molar-refractivity contribution in [3.8, 4) is 0 Å². The third kappa shape index (κ3) is 6.31. The van der Waals surface area contributed by atoms with Gasteiger partial charge < -0.3 is 17.2 Å². The summed E-state index contributed by atoms with van der Waals surface area (Å²) < 4.78 is 0. The van der Waals surface area contributed by atoms with Gasteiger partial charge in [-0.3, -0.25) is 9.59 Å². The lowest BCUT2D eigenvalue weighted by molar-refractivity contribution is -0.119. The monoisotopic (exact) mass is 241 g/mol. The van der Waals surface area contributed by atoms with Gasteiger partial charge in [0.05, 0.1) is 18.6 Å². The van der Waals surface area contributed by atoms with E-state index < -0.39 is 12.1 Å². The molecule has 0 saturated heterocycles. The van der Waals surface area contributed by atoms with Crippen LogP contribution in [0.2, 0.25) is 0 Å². The Labute approximate surface area is 102 Å². The van der Waals surface area contributed by atoms with Gasteiger partial charge in [-0.05, 0) is 25.3 Å². The fraction of sp³-hybridized carbons (Fsp3) is 0.667. The van der Waals surface area contributed by atoms with E-state index in [1.165, 1.54) is 0 Å². The normalized spacial score (nSPS) is 14.1. The van der Waals surface area contributed by atoms with Crippen LogP contribution in [-0.2, 0) is 9.59 Å². The summed E-state index contributed by atoms with van der Waals surface area (Å²) in [4.78, 5) is 22.5. The highest BCUT2D eigenvalue weighted by Gasteiger charge is 2.14. The topological polar surface area (TPSA) is 112 Å². The third-order valence-corrected chi connectivity index (χ3v) is 2.65. The van der Waals surface area contributed by atoms with E-state index in [0.717, 1.165) is 12.8 Å². The lowest BCUT2D eigenvalue weighted by Crippen LogP contribution is -2.35. The second-order valence-corrected chi connectivity index (χ2v) is 4.31. The Balaban J connectivity index is 3.75. The van der Waals surface area contributed by atoms with E-state index in [2.05, 4.69) is 6.58 Å². The molecule has 0 aliphatic rings. The van der Waals surface area contributed by atoms with Crippen molar-refractivity contribution in [3.05, 3.63) is 12.2 Å². The molecule has 2 unspecified atom stereocenters. The number of rotatable bonds is 9. The Morgan fingerprint density at radius 2 is 1.59 bits per heavy atom. The standard InChI is InChI=1S/C12H23N3O2/c1-8(2)12(17)10(15)6-4-3-5-9(14)11(16)7-13/h9-10H,1,3-7,13-15H2,2H3. The molecule has 0 fully saturated rings. The van der Waals surface area contributed by atoms with Crippen molar-refractivity contribution in [2.45, 2.75) is 44.7 Å². The molecule has 5 nitrogen and oxygen atoms in total. The van der Waals surface area contributed by atoms with Crippen LogP contribution in [-0.4, -0.2) is 30.2 Å². The Bertz CT molecular complexity index is 289. The first-order valence-corrected chi connectivity index (χ1v) is 5.83. The lowest BCUT2D eigenvalue weighted by Gasteiger charge is -2.11. The average Bonchev–Trinajstić information content (AvgIpc) is 2.31. The molecule has 0 heterocycles. The number of nitrogens with two attached hydrogens (primary N) is 3. The highest BCUT2D eigenvalue weighted by atomic mass is 16.1. The van der Waals surface area contributed by atoms with Crippen molar-refractivity contribution in [3.63, 3.8) is 0 Å². The van der Waals surface area contributed by atoms with E-state index in [1.807, 2.05) is 0 Å². The number of carbonyl (C=O) groups excluding carboxylic acids is 2. The average molecular weight is 241 g/mol. The molecule has 0 aromatic rings. The largest absolute Gasteiger partial charge is 0.324 e. The van der Waals surface area contributed by atoms with Crippen LogP contribution in [0.3, 0.4) is 0 Å². The fourth-order valence-electron chi connectivity index (χ4n) is 1.49. The van der Waals surface area contributed by atoms with E-state index in [-0.39, 0.29) is 18.1 Å². The van der Waals surface area contributed by atoms with E-state index in [0.29, 0.717) is 18.4 Å². The predicted octanol–water partition coefficient (Wildman–Crippen LogP) is -0.126. The quantitative estimate of drug-likeness (QED) is 0.384. The van der Waals surface area contributed by atoms with Crippen LogP contribution in [0.15, 0.2) is 12.2 Å². The highest BCUT2D eigenvalue weighted by Crippen LogP contribution is 2.07. The first kappa shape index (κ1) is 16.0. The second-order valence-electron chi connectivity index (χ2n) is 4.31. The van der Waals surface area contributed by atoms with Crippen LogP contribution in [0, 0.1) is 0 Å². The Morgan fingerprint density at radius 1 is 1.12 bits per heavy atom. The summed E-state index contributed by atoms with van der Waals surface area (Å²) in [5.74, 6) is -0.236. The van der Waals surface area contributed by atoms with E-state index in [1.54, 1.807) is 6.92 Å². The Hall–Kier alpha value is -1.04. The zero-order chi connectivity index (χ0) is 13.4. The maximum absolute atomic E-state index is 11.4. The van der Waals surface area contributed by atoms with Crippen molar-refractivity contribution in [1.29, 1.82) is 0 Å². The van der Waals surface area contributed by atoms with Crippen LogP contribution >= 0.6 is 0 Å². The van der Waals surface area contributed by atoms with Gasteiger partial charge in [0.25, 0.3) is 0 Å². The molecule has 0 saturated carbocycles. The molecule has 5 heteroatoms. The molecule has 0 aliphatic heterocycles. The minimum Gasteiger partial charge on any atom is -0.324 e. The SMILES string of the molecule is C=C(C)C(=O)C(N)CCCCC(N)C(=O)CN. The summed E-state index contributed by atoms with van der Waals surface area (Å²) in [6.45, 7) is 5.19. The van der Waals surface area contributed by atoms with Gasteiger partial charge in [-0.2, -0.15) is 0 Å². The van der Waals surface area contributed by atoms with E-state index in [4.69, 9.17) is 17.2 Å². The maximum atomic E-state index is 11.4. The number of ketones is 2. The van der Waals surface area contributed by atoms with Gasteiger partial charge in [0.1, 0.15) is 0 Å². The summed E-state index contributed by atoms with van der Waals surface area (Å²) in [6.07, 6.45) is 2.72. The Morgan fingerprint density at radius 3 is 2.00 bits per heavy atom. The molecule has 0 aromatic carbocycles. The molecule has 0 amide bonds. The summed E-state index contributed by atoms with van der Waals surface area (Å²) in [5.41, 5.74) is 17.0. The van der Waals surface area contributed by atoms with Gasteiger partial charge >= 0.3 is 0 Å². The number of hydrogen-bond acceptors (Lipinski definition) is 5. The predicted molar refractivity (Wildman–Crippen MR) is 68.3 cm³/mol. The van der Waals surface area contributed by atoms with Crippen LogP contribution in [0.1, 0.15) is 32.6 Å². The molecule has 98 valence electrons. The molecular formula is C12H23N3O2. The number of Topliss-reactive ketones (excluding diaryl/α,β-unsaturated/α-hetero) is 2. The van der Waals surface area contributed by atoms with Gasteiger partial charge in [0.15, 0.2) is 11.6 Å². The zero-order valence-corrected chi connectivity index (χ0v) is 10.4. The Kier molecular flexibility index (Phi) is 7.61. The van der Waals surface area contributed by atoms with Crippen molar-refractivity contribution < 1.29 is 9.59 Å². The van der Waals surface area contributed by atoms with Crippen molar-refractivity contribution in [2.75, 3.05) is 6.54 Å². The molecule has 0 aliphatic carbocycles. The van der Waals surface area contributed by atoms with Crippen molar-refractivity contribution >= 4 is 11.6 Å². The van der Waals surface area contributed by atoms with Gasteiger partial charge in [-0.1, -0.05) is 19.4 Å². The summed E-state index contributed by atoms with van der Waals surface area (Å²) >= 11 is 0. The van der Waals surface area contributed by atoms with Crippen LogP contribution < -0.4 is 17.2 Å². The minimum atomic E-state index is -0.493. The molecule has 0 radical (unpaired) electrons. The van der Waals surface area contributed by atoms with Gasteiger partial charge in [-0.15, -0.1) is 0 Å². The molecular weight excluding hydrogens is 218 g/mol. The maximum Gasteiger partial charge on any atom is 0.174 e. The van der Waals surface area contributed by atoms with E-state index >= 15 is 0 Å². The summed E-state index contributed by atoms with van der Waals surface area (Å²) in [6, 6.07) is -0.984. The molecule has 6 N–H and O–H groups in total. The van der Waals surface area contributed by atoms with Crippen LogP contribution in [0.25, 0.3) is 0 Å². The van der Waals surface area contributed by atoms with Crippen molar-refractivity contribution in [1.82, 2.24) is 0 Å². The van der Waals surface area contributed by atoms with Gasteiger partial charge in [0.2, 0.25) is 0 Å². The van der Waals surface area contributed by atoms with Gasteiger partial charge in [-0.25, -0.2) is 0 Å². The number of carbonyl (C=O) groups is 2. The number of unbranched alkanes of at least 4 members (excludes halogenated alkanes) is 1. The molecule has 0 aromatic heterocycles. The van der Waals surface area contributed by atoms with Crippen LogP contribution in [0.4, 0.5) is 0 Å². The zero-order valence-electron chi connectivity index (χ0n) is 10.4. The number of hydrogen-bond donors (Lipinski definition) is 3. The summed E-state index contributed by atoms with van der Waals surface area (Å²) in [5, 5.41) is 0. The minimum absolute atomic E-state index is 0.0190.